The third-order valence-electron chi connectivity index (χ3n) is 4.08. The molecule has 0 atom stereocenters. The van der Waals surface area contributed by atoms with Gasteiger partial charge in [0.15, 0.2) is 0 Å². The van der Waals surface area contributed by atoms with Crippen molar-refractivity contribution in [1.82, 2.24) is 4.57 Å². The van der Waals surface area contributed by atoms with Gasteiger partial charge in [-0.05, 0) is 29.8 Å². The average molecular weight is 478 g/mol. The molecule has 0 unspecified atom stereocenters. The molecule has 0 aliphatic rings. The minimum absolute atomic E-state index is 0. The molecule has 0 saturated heterocycles. The quantitative estimate of drug-likeness (QED) is 0.290. The number of rotatable bonds is 4. The van der Waals surface area contributed by atoms with Gasteiger partial charge in [0.25, 0.3) is 0 Å². The number of hydrogen-bond acceptors (Lipinski definition) is 4. The summed E-state index contributed by atoms with van der Waals surface area (Å²) in [7, 11) is 4.63. The van der Waals surface area contributed by atoms with Gasteiger partial charge in [0.05, 0.1) is 32.4 Å². The Kier molecular flexibility index (Phi) is 6.73. The van der Waals surface area contributed by atoms with E-state index in [-0.39, 0.29) is 29.9 Å². The lowest BCUT2D eigenvalue weighted by atomic mass is 10.00. The number of ether oxygens (including phenoxy) is 2. The van der Waals surface area contributed by atoms with E-state index in [1.165, 1.54) is 14.2 Å². The van der Waals surface area contributed by atoms with Crippen LogP contribution in [0.25, 0.3) is 16.8 Å². The van der Waals surface area contributed by atoms with Crippen LogP contribution in [0, 0.1) is 0 Å². The zero-order valence-electron chi connectivity index (χ0n) is 15.2. The molecule has 0 saturated carbocycles. The Bertz CT molecular complexity index is 964. The first-order valence-corrected chi connectivity index (χ1v) is 7.98. The summed E-state index contributed by atoms with van der Waals surface area (Å²) >= 11 is 0. The van der Waals surface area contributed by atoms with Crippen LogP contribution in [0.2, 0.25) is 0 Å². The number of aryl methyl sites for hydroxylation is 1. The van der Waals surface area contributed by atoms with Crippen LogP contribution in [0.15, 0.2) is 61.2 Å². The van der Waals surface area contributed by atoms with Gasteiger partial charge < -0.3 is 33.5 Å². The molecule has 0 radical (unpaired) electrons. The fourth-order valence-electron chi connectivity index (χ4n) is 2.73. The lowest BCUT2D eigenvalue weighted by Crippen LogP contribution is -3.00. The van der Waals surface area contributed by atoms with E-state index < -0.39 is 5.97 Å². The summed E-state index contributed by atoms with van der Waals surface area (Å²) in [5, 5.41) is 0. The maximum atomic E-state index is 11.9. The highest BCUT2D eigenvalue weighted by atomic mass is 127. The van der Waals surface area contributed by atoms with Gasteiger partial charge in [-0.1, -0.05) is 12.1 Å². The van der Waals surface area contributed by atoms with Crippen LogP contribution in [-0.4, -0.2) is 30.7 Å². The number of benzene rings is 2. The molecule has 6 nitrogen and oxygen atoms in total. The van der Waals surface area contributed by atoms with E-state index in [0.29, 0.717) is 11.1 Å². The molecule has 3 aromatic rings. The van der Waals surface area contributed by atoms with Gasteiger partial charge in [0.2, 0.25) is 6.33 Å². The number of carbonyl (C=O) groups excluding carboxylic acids is 2. The number of carbonyl (C=O) groups is 2. The standard InChI is InChI=1S/C20H19N2O4.HI/c1-21-10-11-22(13-21)18-12-16(20(24)26-3)8-9-17(18)14-4-6-15(7-5-14)19(23)25-2;/h4-13H,1-3H3;1H/q+1;/p-1. The third kappa shape index (κ3) is 4.36. The van der Waals surface area contributed by atoms with Crippen LogP contribution in [0.5, 0.6) is 0 Å². The minimum Gasteiger partial charge on any atom is -1.00 e. The Morgan fingerprint density at radius 3 is 2.07 bits per heavy atom. The predicted molar refractivity (Wildman–Crippen MR) is 95.1 cm³/mol. The molecule has 1 aromatic heterocycles. The summed E-state index contributed by atoms with van der Waals surface area (Å²) in [6.07, 6.45) is 5.72. The molecule has 0 aliphatic heterocycles. The normalized spacial score (nSPS) is 10.0. The highest BCUT2D eigenvalue weighted by Crippen LogP contribution is 2.28. The summed E-state index contributed by atoms with van der Waals surface area (Å²) in [6.45, 7) is 0. The van der Waals surface area contributed by atoms with Gasteiger partial charge >= 0.3 is 11.9 Å². The van der Waals surface area contributed by atoms with Gasteiger partial charge in [-0.2, -0.15) is 0 Å². The summed E-state index contributed by atoms with van der Waals surface area (Å²) in [5.41, 5.74) is 3.62. The molecular weight excluding hydrogens is 459 g/mol. The lowest BCUT2D eigenvalue weighted by Gasteiger charge is -2.09. The van der Waals surface area contributed by atoms with Gasteiger partial charge in [-0.15, -0.1) is 0 Å². The van der Waals surface area contributed by atoms with Crippen LogP contribution in [0.4, 0.5) is 0 Å². The maximum Gasteiger partial charge on any atom is 0.338 e. The molecule has 0 amide bonds. The van der Waals surface area contributed by atoms with Crippen molar-refractivity contribution < 1.29 is 47.6 Å². The van der Waals surface area contributed by atoms with E-state index in [0.717, 1.165) is 16.8 Å². The van der Waals surface area contributed by atoms with Gasteiger partial charge in [0.1, 0.15) is 18.1 Å². The molecule has 1 heterocycles. The molecule has 0 spiro atoms. The Morgan fingerprint density at radius 2 is 1.52 bits per heavy atom. The van der Waals surface area contributed by atoms with E-state index in [9.17, 15) is 9.59 Å². The highest BCUT2D eigenvalue weighted by Gasteiger charge is 2.17. The first-order chi connectivity index (χ1) is 12.5. The van der Waals surface area contributed by atoms with Crippen molar-refractivity contribution >= 4 is 11.9 Å². The van der Waals surface area contributed by atoms with Crippen LogP contribution >= 0.6 is 0 Å². The van der Waals surface area contributed by atoms with Gasteiger partial charge in [-0.3, -0.25) is 0 Å². The van der Waals surface area contributed by atoms with Crippen molar-refractivity contribution in [2.75, 3.05) is 14.2 Å². The second kappa shape index (κ2) is 8.81. The van der Waals surface area contributed by atoms with Crippen LogP contribution < -0.4 is 28.5 Å². The molecule has 7 heteroatoms. The summed E-state index contributed by atoms with van der Waals surface area (Å²) in [5.74, 6) is -0.773. The minimum atomic E-state index is -0.393. The van der Waals surface area contributed by atoms with Crippen molar-refractivity contribution in [3.8, 4) is 16.8 Å². The number of halogens is 1. The predicted octanol–water partition coefficient (Wildman–Crippen LogP) is -0.454. The molecule has 0 bridgehead atoms. The zero-order valence-corrected chi connectivity index (χ0v) is 17.3. The highest BCUT2D eigenvalue weighted by molar-refractivity contribution is 5.92. The van der Waals surface area contributed by atoms with Crippen molar-refractivity contribution in [3.63, 3.8) is 0 Å². The number of imidazole rings is 1. The Labute approximate surface area is 174 Å². The van der Waals surface area contributed by atoms with E-state index in [1.807, 2.05) is 53.1 Å². The van der Waals surface area contributed by atoms with E-state index in [1.54, 1.807) is 24.3 Å². The van der Waals surface area contributed by atoms with Gasteiger partial charge in [-0.25, -0.2) is 18.7 Å². The summed E-state index contributed by atoms with van der Waals surface area (Å²) in [4.78, 5) is 23.5. The van der Waals surface area contributed by atoms with Crippen molar-refractivity contribution in [3.05, 3.63) is 72.3 Å². The SMILES string of the molecule is COC(=O)c1ccc(-c2ccc(C(=O)OC)cc2-n2cc[n+](C)c2)cc1.[I-]. The molecule has 27 heavy (non-hydrogen) atoms. The molecule has 0 fully saturated rings. The Hall–Kier alpha value is -2.68. The monoisotopic (exact) mass is 478 g/mol. The first kappa shape index (κ1) is 20.6. The summed E-state index contributed by atoms with van der Waals surface area (Å²) in [6, 6.07) is 12.5. The number of esters is 2. The molecular formula is C20H19IN2O4. The molecule has 3 rings (SSSR count). The fourth-order valence-corrected chi connectivity index (χ4v) is 2.73. The fraction of sp³-hybridized carbons (Fsp3) is 0.150. The maximum absolute atomic E-state index is 11.9. The zero-order chi connectivity index (χ0) is 18.7. The average Bonchev–Trinajstić information content (AvgIpc) is 3.12. The topological polar surface area (TPSA) is 61.4 Å². The third-order valence-corrected chi connectivity index (χ3v) is 4.08. The molecule has 0 N–H and O–H groups in total. The second-order valence-corrected chi connectivity index (χ2v) is 5.78. The first-order valence-electron chi connectivity index (χ1n) is 7.98. The molecule has 0 aliphatic carbocycles. The summed E-state index contributed by atoms with van der Waals surface area (Å²) < 4.78 is 13.4. The molecule has 140 valence electrons. The Morgan fingerprint density at radius 1 is 0.926 bits per heavy atom. The van der Waals surface area contributed by atoms with E-state index in [2.05, 4.69) is 0 Å². The van der Waals surface area contributed by atoms with Crippen LogP contribution in [0.1, 0.15) is 20.7 Å². The number of aromatic nitrogens is 2. The van der Waals surface area contributed by atoms with E-state index in [4.69, 9.17) is 9.47 Å². The lowest BCUT2D eigenvalue weighted by molar-refractivity contribution is -0.670. The number of nitrogens with zero attached hydrogens (tertiary/aromatic N) is 2. The van der Waals surface area contributed by atoms with Crippen molar-refractivity contribution in [2.45, 2.75) is 0 Å². The second-order valence-electron chi connectivity index (χ2n) is 5.78. The van der Waals surface area contributed by atoms with E-state index >= 15 is 0 Å². The van der Waals surface area contributed by atoms with Crippen molar-refractivity contribution in [1.29, 1.82) is 0 Å². The number of methoxy groups -OCH3 is 2. The van der Waals surface area contributed by atoms with Crippen LogP contribution in [-0.2, 0) is 16.5 Å². The molecule has 2 aromatic carbocycles. The van der Waals surface area contributed by atoms with Gasteiger partial charge in [0, 0.05) is 11.6 Å². The van der Waals surface area contributed by atoms with Crippen molar-refractivity contribution in [2.24, 2.45) is 7.05 Å². The van der Waals surface area contributed by atoms with Crippen LogP contribution in [0.3, 0.4) is 0 Å². The Balaban J connectivity index is 0.00000261. The number of hydrogen-bond donors (Lipinski definition) is 0. The smallest absolute Gasteiger partial charge is 0.338 e. The largest absolute Gasteiger partial charge is 1.00 e.